The van der Waals surface area contributed by atoms with Crippen molar-refractivity contribution in [1.82, 2.24) is 20.4 Å². The predicted molar refractivity (Wildman–Crippen MR) is 128 cm³/mol. The third-order valence-electron chi connectivity index (χ3n) is 5.25. The Hall–Kier alpha value is -0.870. The van der Waals surface area contributed by atoms with E-state index in [-0.39, 0.29) is 41.8 Å². The van der Waals surface area contributed by atoms with Gasteiger partial charge in [-0.1, -0.05) is 13.8 Å². The van der Waals surface area contributed by atoms with Gasteiger partial charge in [-0.05, 0) is 36.8 Å². The second-order valence-corrected chi connectivity index (χ2v) is 8.73. The van der Waals surface area contributed by atoms with Gasteiger partial charge in [0.1, 0.15) is 0 Å². The van der Waals surface area contributed by atoms with Gasteiger partial charge in [0.15, 0.2) is 5.96 Å². The molecule has 1 aromatic rings. The molecule has 0 radical (unpaired) electrons. The Morgan fingerprint density at radius 1 is 1.39 bits per heavy atom. The van der Waals surface area contributed by atoms with Gasteiger partial charge in [0.25, 0.3) is 0 Å². The molecule has 8 heteroatoms. The van der Waals surface area contributed by atoms with Gasteiger partial charge in [-0.2, -0.15) is 0 Å². The van der Waals surface area contributed by atoms with E-state index >= 15 is 0 Å². The molecule has 0 aliphatic carbocycles. The number of carbonyl (C=O) groups excluding carboxylic acids is 1. The second kappa shape index (κ2) is 11.3. The first kappa shape index (κ1) is 23.4. The summed E-state index contributed by atoms with van der Waals surface area (Å²) in [4.78, 5) is 22.9. The molecule has 0 saturated carbocycles. The highest BCUT2D eigenvalue weighted by atomic mass is 127. The van der Waals surface area contributed by atoms with E-state index in [2.05, 4.69) is 33.9 Å². The minimum absolute atomic E-state index is 0. The number of aliphatic imine (C=N–C) groups is 1. The van der Waals surface area contributed by atoms with Crippen molar-refractivity contribution in [3.63, 3.8) is 0 Å². The minimum Gasteiger partial charge on any atom is -0.357 e. The van der Waals surface area contributed by atoms with E-state index in [0.29, 0.717) is 0 Å². The summed E-state index contributed by atoms with van der Waals surface area (Å²) in [5, 5.41) is 9.07. The van der Waals surface area contributed by atoms with Crippen LogP contribution in [0.25, 0.3) is 0 Å². The fourth-order valence-corrected chi connectivity index (χ4v) is 4.65. The third-order valence-corrected chi connectivity index (χ3v) is 6.27. The van der Waals surface area contributed by atoms with Crippen molar-refractivity contribution in [2.45, 2.75) is 46.2 Å². The molecule has 3 rings (SSSR count). The van der Waals surface area contributed by atoms with Crippen molar-refractivity contribution in [2.24, 2.45) is 10.9 Å². The number of rotatable bonds is 6. The molecule has 158 valence electrons. The Morgan fingerprint density at radius 3 is 2.96 bits per heavy atom. The standard InChI is InChI=1S/C20H33N5OS.HI/c1-4-21-20(23-17-5-10-25(14-17)19(26)15(2)3)22-8-11-24-9-6-18-16(13-24)7-12-27-18;/h7,12,15,17H,4-6,8-11,13-14H2,1-3H3,(H2,21,22,23);1H. The minimum atomic E-state index is 0. The zero-order valence-electron chi connectivity index (χ0n) is 17.2. The highest BCUT2D eigenvalue weighted by Crippen LogP contribution is 2.23. The molecule has 0 spiro atoms. The third kappa shape index (κ3) is 6.32. The lowest BCUT2D eigenvalue weighted by atomic mass is 10.1. The van der Waals surface area contributed by atoms with E-state index in [9.17, 15) is 4.79 Å². The van der Waals surface area contributed by atoms with Crippen molar-refractivity contribution in [3.05, 3.63) is 21.9 Å². The van der Waals surface area contributed by atoms with E-state index in [4.69, 9.17) is 4.99 Å². The molecule has 6 nitrogen and oxygen atoms in total. The molecule has 1 saturated heterocycles. The molecule has 1 amide bonds. The summed E-state index contributed by atoms with van der Waals surface area (Å²) in [5.41, 5.74) is 1.49. The van der Waals surface area contributed by atoms with Gasteiger partial charge >= 0.3 is 0 Å². The van der Waals surface area contributed by atoms with Gasteiger partial charge in [0, 0.05) is 56.1 Å². The summed E-state index contributed by atoms with van der Waals surface area (Å²) in [7, 11) is 0. The molecule has 0 bridgehead atoms. The smallest absolute Gasteiger partial charge is 0.225 e. The monoisotopic (exact) mass is 519 g/mol. The number of carbonyl (C=O) groups is 1. The first-order valence-corrected chi connectivity index (χ1v) is 11.1. The molecular formula is C20H34IN5OS. The van der Waals surface area contributed by atoms with Gasteiger partial charge in [-0.15, -0.1) is 35.3 Å². The maximum absolute atomic E-state index is 12.2. The summed E-state index contributed by atoms with van der Waals surface area (Å²) in [5.74, 6) is 1.19. The van der Waals surface area contributed by atoms with Crippen LogP contribution in [-0.2, 0) is 17.8 Å². The van der Waals surface area contributed by atoms with Crippen LogP contribution in [0, 0.1) is 5.92 Å². The van der Waals surface area contributed by atoms with Crippen LogP contribution >= 0.6 is 35.3 Å². The van der Waals surface area contributed by atoms with Crippen LogP contribution < -0.4 is 10.6 Å². The lowest BCUT2D eigenvalue weighted by Gasteiger charge is -2.26. The molecule has 0 aromatic carbocycles. The number of hydrogen-bond acceptors (Lipinski definition) is 4. The van der Waals surface area contributed by atoms with Crippen molar-refractivity contribution in [2.75, 3.05) is 39.3 Å². The SMILES string of the molecule is CCNC(=NCCN1CCc2sccc2C1)NC1CCN(C(=O)C(C)C)C1.I. The summed E-state index contributed by atoms with van der Waals surface area (Å²) < 4.78 is 0. The molecule has 2 aliphatic heterocycles. The Labute approximate surface area is 190 Å². The lowest BCUT2D eigenvalue weighted by molar-refractivity contribution is -0.133. The number of thiophene rings is 1. The highest BCUT2D eigenvalue weighted by Gasteiger charge is 2.28. The van der Waals surface area contributed by atoms with E-state index in [1.54, 1.807) is 4.88 Å². The lowest BCUT2D eigenvalue weighted by Crippen LogP contribution is -2.45. The average Bonchev–Trinajstić information content (AvgIpc) is 3.30. The predicted octanol–water partition coefficient (Wildman–Crippen LogP) is 2.54. The number of likely N-dealkylation sites (tertiary alicyclic amines) is 1. The van der Waals surface area contributed by atoms with Crippen molar-refractivity contribution >= 4 is 47.2 Å². The molecule has 1 atom stereocenters. The summed E-state index contributed by atoms with van der Waals surface area (Å²) in [6.07, 6.45) is 2.15. The van der Waals surface area contributed by atoms with E-state index < -0.39 is 0 Å². The number of amides is 1. The Morgan fingerprint density at radius 2 is 2.21 bits per heavy atom. The summed E-state index contributed by atoms with van der Waals surface area (Å²) in [6.45, 7) is 12.4. The summed E-state index contributed by atoms with van der Waals surface area (Å²) in [6, 6.07) is 2.54. The van der Waals surface area contributed by atoms with Crippen LogP contribution in [0.3, 0.4) is 0 Å². The Kier molecular flexibility index (Phi) is 9.49. The maximum atomic E-state index is 12.2. The van der Waals surface area contributed by atoms with Gasteiger partial charge < -0.3 is 15.5 Å². The van der Waals surface area contributed by atoms with Crippen LogP contribution in [0.1, 0.15) is 37.6 Å². The molecule has 1 aromatic heterocycles. The fraction of sp³-hybridized carbons (Fsp3) is 0.700. The van der Waals surface area contributed by atoms with Crippen LogP contribution in [0.15, 0.2) is 16.4 Å². The molecule has 1 unspecified atom stereocenters. The van der Waals surface area contributed by atoms with Gasteiger partial charge in [0.05, 0.1) is 6.54 Å². The molecule has 2 N–H and O–H groups in total. The second-order valence-electron chi connectivity index (χ2n) is 7.72. The quantitative estimate of drug-likeness (QED) is 0.345. The number of guanidine groups is 1. The molecule has 3 heterocycles. The molecule has 28 heavy (non-hydrogen) atoms. The largest absolute Gasteiger partial charge is 0.357 e. The van der Waals surface area contributed by atoms with Gasteiger partial charge in [-0.25, -0.2) is 0 Å². The molecular weight excluding hydrogens is 485 g/mol. The van der Waals surface area contributed by atoms with Crippen molar-refractivity contribution < 1.29 is 4.79 Å². The summed E-state index contributed by atoms with van der Waals surface area (Å²) >= 11 is 1.88. The van der Waals surface area contributed by atoms with Gasteiger partial charge in [0.2, 0.25) is 5.91 Å². The number of halogens is 1. The topological polar surface area (TPSA) is 60.0 Å². The van der Waals surface area contributed by atoms with Crippen LogP contribution in [-0.4, -0.2) is 67.0 Å². The highest BCUT2D eigenvalue weighted by molar-refractivity contribution is 14.0. The Balaban J connectivity index is 0.00000280. The normalized spacial score (nSPS) is 20.1. The Bertz CT molecular complexity index is 663. The first-order chi connectivity index (χ1) is 13.1. The fourth-order valence-electron chi connectivity index (χ4n) is 3.76. The number of nitrogens with one attached hydrogen (secondary N) is 2. The maximum Gasteiger partial charge on any atom is 0.225 e. The number of hydrogen-bond donors (Lipinski definition) is 2. The van der Waals surface area contributed by atoms with Crippen LogP contribution in [0.5, 0.6) is 0 Å². The first-order valence-electron chi connectivity index (χ1n) is 10.2. The van der Waals surface area contributed by atoms with Crippen molar-refractivity contribution in [1.29, 1.82) is 0 Å². The van der Waals surface area contributed by atoms with E-state index in [1.807, 2.05) is 30.1 Å². The van der Waals surface area contributed by atoms with E-state index in [0.717, 1.165) is 64.6 Å². The van der Waals surface area contributed by atoms with Crippen LogP contribution in [0.4, 0.5) is 0 Å². The zero-order valence-corrected chi connectivity index (χ0v) is 20.4. The molecule has 1 fully saturated rings. The zero-order chi connectivity index (χ0) is 19.2. The number of fused-ring (bicyclic) bond motifs is 1. The average molecular weight is 519 g/mol. The van der Waals surface area contributed by atoms with Crippen LogP contribution in [0.2, 0.25) is 0 Å². The molecule has 2 aliphatic rings. The van der Waals surface area contributed by atoms with Gasteiger partial charge in [-0.3, -0.25) is 14.7 Å². The van der Waals surface area contributed by atoms with E-state index in [1.165, 1.54) is 5.56 Å². The van der Waals surface area contributed by atoms with Crippen molar-refractivity contribution in [3.8, 4) is 0 Å². The number of nitrogens with zero attached hydrogens (tertiary/aromatic N) is 3.